The van der Waals surface area contributed by atoms with Crippen LogP contribution in [0, 0.1) is 5.41 Å². The molecule has 32 heavy (non-hydrogen) atoms. The summed E-state index contributed by atoms with van der Waals surface area (Å²) in [5, 5.41) is 0. The number of rotatable bonds is 7. The minimum atomic E-state index is -0.325. The molecule has 0 amide bonds. The van der Waals surface area contributed by atoms with E-state index in [9.17, 15) is 0 Å². The van der Waals surface area contributed by atoms with Crippen LogP contribution in [0.3, 0.4) is 0 Å². The fraction of sp³-hybridized carbons (Fsp3) is 0.143. The lowest BCUT2D eigenvalue weighted by Crippen LogP contribution is -2.21. The van der Waals surface area contributed by atoms with E-state index in [-0.39, 0.29) is 5.41 Å². The zero-order chi connectivity index (χ0) is 22.2. The van der Waals surface area contributed by atoms with E-state index in [1.807, 2.05) is 48.7 Å². The summed E-state index contributed by atoms with van der Waals surface area (Å²) in [5.41, 5.74) is 3.76. The molecule has 0 atom stereocenters. The summed E-state index contributed by atoms with van der Waals surface area (Å²) in [5.74, 6) is 1.69. The van der Waals surface area contributed by atoms with Crippen molar-refractivity contribution in [2.24, 2.45) is 10.4 Å². The normalized spacial score (nSPS) is 15.1. The third-order valence-corrected chi connectivity index (χ3v) is 5.45. The molecule has 0 saturated carbocycles. The molecule has 160 valence electrons. The summed E-state index contributed by atoms with van der Waals surface area (Å²) in [6.07, 6.45) is 15.3. The molecule has 1 aliphatic rings. The minimum Gasteiger partial charge on any atom is -0.497 e. The third kappa shape index (κ3) is 5.22. The maximum atomic E-state index is 5.27. The summed E-state index contributed by atoms with van der Waals surface area (Å²) < 4.78 is 10.5. The number of ether oxygens (including phenoxy) is 2. The van der Waals surface area contributed by atoms with Gasteiger partial charge in [0.25, 0.3) is 0 Å². The molecule has 2 heterocycles. The smallest absolute Gasteiger partial charge is 0.118 e. The molecule has 0 spiro atoms. The van der Waals surface area contributed by atoms with Crippen LogP contribution in [-0.2, 0) is 0 Å². The number of nitrogens with zero attached hydrogens (tertiary/aromatic N) is 2. The predicted molar refractivity (Wildman–Crippen MR) is 131 cm³/mol. The summed E-state index contributed by atoms with van der Waals surface area (Å²) in [6.45, 7) is 0. The zero-order valence-electron chi connectivity index (χ0n) is 18.3. The molecular weight excluding hydrogens is 396 g/mol. The van der Waals surface area contributed by atoms with Crippen LogP contribution < -0.4 is 9.47 Å². The number of pyridine rings is 1. The van der Waals surface area contributed by atoms with E-state index in [0.717, 1.165) is 40.5 Å². The van der Waals surface area contributed by atoms with Gasteiger partial charge in [-0.15, -0.1) is 0 Å². The van der Waals surface area contributed by atoms with Crippen molar-refractivity contribution in [3.63, 3.8) is 0 Å². The zero-order valence-corrected chi connectivity index (χ0v) is 18.3. The maximum Gasteiger partial charge on any atom is 0.118 e. The van der Waals surface area contributed by atoms with Crippen LogP contribution in [-0.4, -0.2) is 24.9 Å². The highest BCUT2D eigenvalue weighted by Gasteiger charge is 2.27. The van der Waals surface area contributed by atoms with Gasteiger partial charge in [-0.25, -0.2) is 0 Å². The van der Waals surface area contributed by atoms with Crippen LogP contribution in [0.5, 0.6) is 11.5 Å². The van der Waals surface area contributed by atoms with Crippen LogP contribution in [0.25, 0.3) is 12.2 Å². The molecule has 4 rings (SSSR count). The highest BCUT2D eigenvalue weighted by Crippen LogP contribution is 2.35. The van der Waals surface area contributed by atoms with Crippen LogP contribution in [0.1, 0.15) is 23.2 Å². The number of methoxy groups -OCH3 is 2. The van der Waals surface area contributed by atoms with Crippen molar-refractivity contribution in [2.75, 3.05) is 14.2 Å². The molecule has 1 aliphatic heterocycles. The molecule has 0 fully saturated rings. The Morgan fingerprint density at radius 2 is 1.38 bits per heavy atom. The SMILES string of the molecule is COc1ccc(/C=C/C2(/C=C/c3ccc(OC)cc3)C=CN=C(c3ccccn3)C2)cc1. The summed E-state index contributed by atoms with van der Waals surface area (Å²) >= 11 is 0. The van der Waals surface area contributed by atoms with Crippen molar-refractivity contribution in [3.05, 3.63) is 114 Å². The second kappa shape index (κ2) is 9.92. The van der Waals surface area contributed by atoms with Gasteiger partial charge < -0.3 is 9.47 Å². The van der Waals surface area contributed by atoms with Gasteiger partial charge >= 0.3 is 0 Å². The van der Waals surface area contributed by atoms with Crippen LogP contribution >= 0.6 is 0 Å². The largest absolute Gasteiger partial charge is 0.497 e. The molecule has 3 aromatic rings. The first-order valence-electron chi connectivity index (χ1n) is 10.5. The topological polar surface area (TPSA) is 43.7 Å². The molecular formula is C28H26N2O2. The van der Waals surface area contributed by atoms with E-state index >= 15 is 0 Å². The number of benzene rings is 2. The summed E-state index contributed by atoms with van der Waals surface area (Å²) in [7, 11) is 3.35. The Hall–Kier alpha value is -3.92. The number of hydrogen-bond donors (Lipinski definition) is 0. The van der Waals surface area contributed by atoms with E-state index in [2.05, 4.69) is 64.6 Å². The Morgan fingerprint density at radius 3 is 1.88 bits per heavy atom. The molecule has 4 heteroatoms. The number of allylic oxidation sites excluding steroid dienone is 3. The van der Waals surface area contributed by atoms with Crippen molar-refractivity contribution in [1.82, 2.24) is 4.98 Å². The average Bonchev–Trinajstić information content (AvgIpc) is 2.88. The Bertz CT molecular complexity index is 1080. The molecule has 0 radical (unpaired) electrons. The second-order valence-electron chi connectivity index (χ2n) is 7.61. The van der Waals surface area contributed by atoms with Gasteiger partial charge in [-0.05, 0) is 47.5 Å². The first kappa shape index (κ1) is 21.3. The van der Waals surface area contributed by atoms with E-state index in [4.69, 9.17) is 9.47 Å². The molecule has 0 aliphatic carbocycles. The summed E-state index contributed by atoms with van der Waals surface area (Å²) in [6, 6.07) is 22.0. The number of aliphatic imine (C=N–C) groups is 1. The lowest BCUT2D eigenvalue weighted by molar-refractivity contribution is 0.414. The van der Waals surface area contributed by atoms with Gasteiger partial charge in [0.2, 0.25) is 0 Å². The third-order valence-electron chi connectivity index (χ3n) is 5.45. The van der Waals surface area contributed by atoms with Crippen molar-refractivity contribution in [1.29, 1.82) is 0 Å². The lowest BCUT2D eigenvalue weighted by atomic mass is 9.79. The first-order chi connectivity index (χ1) is 15.7. The van der Waals surface area contributed by atoms with Gasteiger partial charge in [0.15, 0.2) is 0 Å². The Balaban J connectivity index is 1.65. The van der Waals surface area contributed by atoms with Gasteiger partial charge in [0.05, 0.1) is 25.6 Å². The van der Waals surface area contributed by atoms with Crippen molar-refractivity contribution in [2.45, 2.75) is 6.42 Å². The van der Waals surface area contributed by atoms with Crippen LogP contribution in [0.15, 0.2) is 102 Å². The maximum absolute atomic E-state index is 5.27. The highest BCUT2D eigenvalue weighted by atomic mass is 16.5. The quantitative estimate of drug-likeness (QED) is 0.454. The van der Waals surface area contributed by atoms with Crippen LogP contribution in [0.4, 0.5) is 0 Å². The fourth-order valence-corrected chi connectivity index (χ4v) is 3.57. The molecule has 0 unspecified atom stereocenters. The molecule has 0 bridgehead atoms. The number of hydrogen-bond acceptors (Lipinski definition) is 4. The molecule has 2 aromatic carbocycles. The van der Waals surface area contributed by atoms with E-state index in [0.29, 0.717) is 0 Å². The Morgan fingerprint density at radius 1 is 0.781 bits per heavy atom. The van der Waals surface area contributed by atoms with E-state index < -0.39 is 0 Å². The molecule has 4 nitrogen and oxygen atoms in total. The lowest BCUT2D eigenvalue weighted by Gasteiger charge is -2.27. The van der Waals surface area contributed by atoms with Crippen molar-refractivity contribution in [3.8, 4) is 11.5 Å². The van der Waals surface area contributed by atoms with Gasteiger partial charge in [-0.2, -0.15) is 0 Å². The Labute approximate surface area is 189 Å². The average molecular weight is 423 g/mol. The highest BCUT2D eigenvalue weighted by molar-refractivity contribution is 6.01. The van der Waals surface area contributed by atoms with Gasteiger partial charge in [0.1, 0.15) is 11.5 Å². The summed E-state index contributed by atoms with van der Waals surface area (Å²) in [4.78, 5) is 9.13. The van der Waals surface area contributed by atoms with Crippen molar-refractivity contribution >= 4 is 17.9 Å². The monoisotopic (exact) mass is 422 g/mol. The Kier molecular flexibility index (Phi) is 6.61. The molecule has 0 N–H and O–H groups in total. The van der Waals surface area contributed by atoms with Gasteiger partial charge in [0, 0.05) is 24.2 Å². The van der Waals surface area contributed by atoms with Gasteiger partial charge in [-0.1, -0.05) is 60.7 Å². The fourth-order valence-electron chi connectivity index (χ4n) is 3.57. The van der Waals surface area contributed by atoms with Gasteiger partial charge in [-0.3, -0.25) is 9.98 Å². The molecule has 1 aromatic heterocycles. The van der Waals surface area contributed by atoms with E-state index in [1.54, 1.807) is 20.4 Å². The first-order valence-corrected chi connectivity index (χ1v) is 10.5. The standard InChI is InChI=1S/C28H26N2O2/c1-31-24-10-6-22(7-11-24)14-16-28(17-15-23-8-12-25(32-2)13-9-23)18-20-30-27(21-28)26-5-3-4-19-29-26/h3-20H,21H2,1-2H3/b16-14+,17-15+. The minimum absolute atomic E-state index is 0.325. The second-order valence-corrected chi connectivity index (χ2v) is 7.61. The van der Waals surface area contributed by atoms with E-state index in [1.165, 1.54) is 0 Å². The predicted octanol–water partition coefficient (Wildman–Crippen LogP) is 6.22. The van der Waals surface area contributed by atoms with Crippen molar-refractivity contribution < 1.29 is 9.47 Å². The number of aromatic nitrogens is 1. The van der Waals surface area contributed by atoms with Crippen LogP contribution in [0.2, 0.25) is 0 Å². The molecule has 0 saturated heterocycles.